The number of aromatic nitrogens is 3. The lowest BCUT2D eigenvalue weighted by Crippen LogP contribution is -1.89. The van der Waals surface area contributed by atoms with E-state index in [1.54, 1.807) is 0 Å². The van der Waals surface area contributed by atoms with Gasteiger partial charge in [-0.15, -0.1) is 0 Å². The van der Waals surface area contributed by atoms with Gasteiger partial charge in [-0.1, -0.05) is 58.3 Å². The van der Waals surface area contributed by atoms with Crippen molar-refractivity contribution in [3.63, 3.8) is 0 Å². The molecule has 1 N–H and O–H groups in total. The average Bonchev–Trinajstić information content (AvgIpc) is 2.73. The largest absolute Gasteiger partial charge is 0.197 e. The molecule has 1 heterocycles. The Kier molecular flexibility index (Phi) is 7.69. The third kappa shape index (κ3) is 6.44. The van der Waals surface area contributed by atoms with Gasteiger partial charge in [0.25, 0.3) is 0 Å². The first-order valence-electron chi connectivity index (χ1n) is 7.21. The molecule has 0 aliphatic rings. The summed E-state index contributed by atoms with van der Waals surface area (Å²) in [6.07, 6.45) is 13.5. The lowest BCUT2D eigenvalue weighted by Gasteiger charge is -2.01. The van der Waals surface area contributed by atoms with Crippen LogP contribution in [-0.2, 0) is 6.42 Å². The van der Waals surface area contributed by atoms with Crippen molar-refractivity contribution in [3.8, 4) is 0 Å². The normalized spacial score (nSPS) is 10.9. The molecule has 98 valence electrons. The van der Waals surface area contributed by atoms with Crippen LogP contribution in [0.15, 0.2) is 0 Å². The Balaban J connectivity index is 1.86. The van der Waals surface area contributed by atoms with Crippen molar-refractivity contribution in [2.45, 2.75) is 78.1 Å². The molecule has 1 rings (SSSR count). The predicted molar refractivity (Wildman–Crippen MR) is 72.1 cm³/mol. The van der Waals surface area contributed by atoms with Crippen molar-refractivity contribution in [2.24, 2.45) is 0 Å². The van der Waals surface area contributed by atoms with Crippen LogP contribution in [0.4, 0.5) is 0 Å². The number of aryl methyl sites for hydroxylation is 2. The zero-order valence-corrected chi connectivity index (χ0v) is 11.5. The van der Waals surface area contributed by atoms with Crippen molar-refractivity contribution in [2.75, 3.05) is 0 Å². The maximum Gasteiger partial charge on any atom is 0.0853 e. The van der Waals surface area contributed by atoms with Crippen LogP contribution in [0, 0.1) is 6.92 Å². The minimum Gasteiger partial charge on any atom is -0.197 e. The molecular weight excluding hydrogens is 210 g/mol. The van der Waals surface area contributed by atoms with Gasteiger partial charge in [-0.3, -0.25) is 0 Å². The molecule has 0 amide bonds. The fourth-order valence-electron chi connectivity index (χ4n) is 2.15. The third-order valence-electron chi connectivity index (χ3n) is 3.34. The highest BCUT2D eigenvalue weighted by Gasteiger charge is 2.01. The summed E-state index contributed by atoms with van der Waals surface area (Å²) in [5, 5.41) is 10.9. The molecular formula is C14H27N3. The fraction of sp³-hybridized carbons (Fsp3) is 0.857. The summed E-state index contributed by atoms with van der Waals surface area (Å²) in [6, 6.07) is 0. The van der Waals surface area contributed by atoms with E-state index in [9.17, 15) is 0 Å². The predicted octanol–water partition coefficient (Wildman–Crippen LogP) is 4.19. The van der Waals surface area contributed by atoms with Crippen molar-refractivity contribution < 1.29 is 0 Å². The van der Waals surface area contributed by atoms with Gasteiger partial charge in [0, 0.05) is 0 Å². The number of H-pyrrole nitrogens is 1. The number of aromatic amines is 1. The van der Waals surface area contributed by atoms with E-state index in [1.165, 1.54) is 57.8 Å². The first-order valence-corrected chi connectivity index (χ1v) is 7.21. The summed E-state index contributed by atoms with van der Waals surface area (Å²) < 4.78 is 0. The van der Waals surface area contributed by atoms with E-state index in [0.717, 1.165) is 17.8 Å². The molecule has 0 saturated carbocycles. The molecule has 0 unspecified atom stereocenters. The van der Waals surface area contributed by atoms with Gasteiger partial charge in [0.15, 0.2) is 0 Å². The highest BCUT2D eigenvalue weighted by Crippen LogP contribution is 2.11. The second-order valence-electron chi connectivity index (χ2n) is 4.93. The monoisotopic (exact) mass is 237 g/mol. The van der Waals surface area contributed by atoms with Crippen molar-refractivity contribution in [1.82, 2.24) is 15.4 Å². The van der Waals surface area contributed by atoms with Crippen LogP contribution in [-0.4, -0.2) is 15.4 Å². The molecule has 3 heteroatoms. The molecule has 1 aromatic rings. The quantitative estimate of drug-likeness (QED) is 0.620. The molecule has 17 heavy (non-hydrogen) atoms. The second kappa shape index (κ2) is 9.20. The molecule has 0 fully saturated rings. The topological polar surface area (TPSA) is 41.6 Å². The Morgan fingerprint density at radius 3 is 1.94 bits per heavy atom. The molecule has 0 aromatic carbocycles. The lowest BCUT2D eigenvalue weighted by molar-refractivity contribution is 0.563. The van der Waals surface area contributed by atoms with Gasteiger partial charge in [0.05, 0.1) is 11.4 Å². The number of unbranched alkanes of at least 4 members (excludes halogenated alkanes) is 8. The molecule has 0 spiro atoms. The van der Waals surface area contributed by atoms with Gasteiger partial charge in [0.2, 0.25) is 0 Å². The molecule has 0 aliphatic carbocycles. The molecule has 0 bridgehead atoms. The molecule has 3 nitrogen and oxygen atoms in total. The summed E-state index contributed by atoms with van der Waals surface area (Å²) in [5.74, 6) is 0. The first kappa shape index (κ1) is 14.2. The number of hydrogen-bond donors (Lipinski definition) is 1. The fourth-order valence-corrected chi connectivity index (χ4v) is 2.15. The van der Waals surface area contributed by atoms with E-state index in [2.05, 4.69) is 22.3 Å². The van der Waals surface area contributed by atoms with Crippen LogP contribution in [0.25, 0.3) is 0 Å². The number of rotatable bonds is 10. The standard InChI is InChI=1S/C14H27N3/c1-3-4-5-6-7-8-9-10-11-12-14-13(2)15-17-16-14/h3-12H2,1-2H3,(H,15,16,17). The van der Waals surface area contributed by atoms with Crippen molar-refractivity contribution >= 4 is 0 Å². The van der Waals surface area contributed by atoms with Crippen LogP contribution in [0.5, 0.6) is 0 Å². The Morgan fingerprint density at radius 2 is 1.41 bits per heavy atom. The van der Waals surface area contributed by atoms with E-state index < -0.39 is 0 Å². The van der Waals surface area contributed by atoms with Crippen LogP contribution in [0.3, 0.4) is 0 Å². The smallest absolute Gasteiger partial charge is 0.0853 e. The summed E-state index contributed by atoms with van der Waals surface area (Å²) in [5.41, 5.74) is 2.21. The van der Waals surface area contributed by atoms with Gasteiger partial charge >= 0.3 is 0 Å². The van der Waals surface area contributed by atoms with Gasteiger partial charge in [-0.2, -0.15) is 15.4 Å². The van der Waals surface area contributed by atoms with Gasteiger partial charge in [-0.05, 0) is 19.8 Å². The molecule has 0 radical (unpaired) electrons. The van der Waals surface area contributed by atoms with Crippen LogP contribution in [0.1, 0.15) is 76.1 Å². The Hall–Kier alpha value is -0.860. The highest BCUT2D eigenvalue weighted by atomic mass is 15.3. The van der Waals surface area contributed by atoms with E-state index in [4.69, 9.17) is 0 Å². The summed E-state index contributed by atoms with van der Waals surface area (Å²) in [7, 11) is 0. The maximum atomic E-state index is 4.15. The molecule has 0 aliphatic heterocycles. The molecule has 1 aromatic heterocycles. The van der Waals surface area contributed by atoms with E-state index in [0.29, 0.717) is 0 Å². The maximum absolute atomic E-state index is 4.15. The Morgan fingerprint density at radius 1 is 0.824 bits per heavy atom. The molecule has 0 atom stereocenters. The number of nitrogens with one attached hydrogen (secondary N) is 1. The number of hydrogen-bond acceptors (Lipinski definition) is 2. The van der Waals surface area contributed by atoms with Gasteiger partial charge in [-0.25, -0.2) is 0 Å². The zero-order chi connectivity index (χ0) is 12.3. The van der Waals surface area contributed by atoms with E-state index >= 15 is 0 Å². The van der Waals surface area contributed by atoms with E-state index in [-0.39, 0.29) is 0 Å². The minimum absolute atomic E-state index is 1.06. The Bertz CT molecular complexity index is 281. The molecule has 0 saturated heterocycles. The van der Waals surface area contributed by atoms with Crippen molar-refractivity contribution in [3.05, 3.63) is 11.4 Å². The van der Waals surface area contributed by atoms with Gasteiger partial charge in [0.1, 0.15) is 0 Å². The van der Waals surface area contributed by atoms with Crippen molar-refractivity contribution in [1.29, 1.82) is 0 Å². The summed E-state index contributed by atoms with van der Waals surface area (Å²) in [6.45, 7) is 4.29. The minimum atomic E-state index is 1.06. The van der Waals surface area contributed by atoms with Crippen LogP contribution < -0.4 is 0 Å². The third-order valence-corrected chi connectivity index (χ3v) is 3.34. The van der Waals surface area contributed by atoms with E-state index in [1.807, 2.05) is 6.92 Å². The highest BCUT2D eigenvalue weighted by molar-refractivity contribution is 5.05. The first-order chi connectivity index (χ1) is 8.34. The SMILES string of the molecule is CCCCCCCCCCCc1n[nH]nc1C. The Labute approximate surface area is 105 Å². The van der Waals surface area contributed by atoms with Crippen LogP contribution >= 0.6 is 0 Å². The summed E-state index contributed by atoms with van der Waals surface area (Å²) >= 11 is 0. The second-order valence-corrected chi connectivity index (χ2v) is 4.93. The lowest BCUT2D eigenvalue weighted by atomic mass is 10.1. The summed E-state index contributed by atoms with van der Waals surface area (Å²) in [4.78, 5) is 0. The number of nitrogens with zero attached hydrogens (tertiary/aromatic N) is 2. The van der Waals surface area contributed by atoms with Gasteiger partial charge < -0.3 is 0 Å². The van der Waals surface area contributed by atoms with Crippen LogP contribution in [0.2, 0.25) is 0 Å². The average molecular weight is 237 g/mol. The zero-order valence-electron chi connectivity index (χ0n) is 11.5.